The Morgan fingerprint density at radius 3 is 1.50 bits per heavy atom. The Bertz CT molecular complexity index is 382. The number of nitrogens with two attached hydrogens (primary N) is 2. The molecule has 14 heavy (non-hydrogen) atoms. The molecule has 1 aromatic carbocycles. The molecule has 0 atom stereocenters. The van der Waals surface area contributed by atoms with Gasteiger partial charge in [0.05, 0.1) is 11.1 Å². The third-order valence-electron chi connectivity index (χ3n) is 2.04. The summed E-state index contributed by atoms with van der Waals surface area (Å²) in [6, 6.07) is 7.44. The van der Waals surface area contributed by atoms with Gasteiger partial charge in [-0.15, -0.1) is 0 Å². The van der Waals surface area contributed by atoms with Crippen LogP contribution in [0.3, 0.4) is 0 Å². The summed E-state index contributed by atoms with van der Waals surface area (Å²) in [5.41, 5.74) is 13.0. The Morgan fingerprint density at radius 1 is 0.929 bits per heavy atom. The van der Waals surface area contributed by atoms with Crippen molar-refractivity contribution in [2.24, 2.45) is 11.5 Å². The fourth-order valence-electron chi connectivity index (χ4n) is 1.28. The highest BCUT2D eigenvalue weighted by atomic mass is 14.5. The summed E-state index contributed by atoms with van der Waals surface area (Å²) < 4.78 is 0. The van der Waals surface area contributed by atoms with Crippen molar-refractivity contribution in [3.63, 3.8) is 0 Å². The molecule has 0 saturated heterocycles. The highest BCUT2D eigenvalue weighted by Crippen LogP contribution is 2.17. The molecule has 0 bridgehead atoms. The molecule has 0 aromatic heterocycles. The van der Waals surface area contributed by atoms with E-state index in [0.717, 1.165) is 0 Å². The second kappa shape index (κ2) is 4.38. The molecular formula is C10H10N4. The van der Waals surface area contributed by atoms with Crippen molar-refractivity contribution in [2.45, 2.75) is 13.1 Å². The van der Waals surface area contributed by atoms with Crippen LogP contribution in [0.25, 0.3) is 0 Å². The molecule has 0 spiro atoms. The van der Waals surface area contributed by atoms with Crippen LogP contribution in [0.4, 0.5) is 0 Å². The van der Waals surface area contributed by atoms with E-state index in [4.69, 9.17) is 22.0 Å². The Kier molecular flexibility index (Phi) is 3.19. The predicted molar refractivity (Wildman–Crippen MR) is 51.7 cm³/mol. The molecule has 0 aliphatic carbocycles. The van der Waals surface area contributed by atoms with Crippen molar-refractivity contribution in [1.29, 1.82) is 10.5 Å². The van der Waals surface area contributed by atoms with Gasteiger partial charge in [0.2, 0.25) is 0 Å². The second-order valence-electron chi connectivity index (χ2n) is 2.77. The van der Waals surface area contributed by atoms with Gasteiger partial charge in [0.15, 0.2) is 0 Å². The quantitative estimate of drug-likeness (QED) is 0.695. The lowest BCUT2D eigenvalue weighted by Gasteiger charge is -2.06. The number of hydrogen-bond donors (Lipinski definition) is 2. The van der Waals surface area contributed by atoms with Crippen LogP contribution >= 0.6 is 0 Å². The molecule has 0 aliphatic heterocycles. The monoisotopic (exact) mass is 186 g/mol. The molecule has 0 heterocycles. The van der Waals surface area contributed by atoms with Crippen LogP contribution in [-0.2, 0) is 13.1 Å². The average Bonchev–Trinajstić information content (AvgIpc) is 2.26. The summed E-state index contributed by atoms with van der Waals surface area (Å²) in [6.07, 6.45) is 0. The SMILES string of the molecule is N#Cc1c(CN)ccc(CN)c1C#N. The lowest BCUT2D eigenvalue weighted by Crippen LogP contribution is -2.06. The maximum Gasteiger partial charge on any atom is 0.101 e. The van der Waals surface area contributed by atoms with E-state index in [1.165, 1.54) is 0 Å². The van der Waals surface area contributed by atoms with Crippen molar-refractivity contribution in [3.05, 3.63) is 34.4 Å². The normalized spacial score (nSPS) is 9.14. The first-order chi connectivity index (χ1) is 6.78. The van der Waals surface area contributed by atoms with Crippen molar-refractivity contribution in [1.82, 2.24) is 0 Å². The van der Waals surface area contributed by atoms with Gasteiger partial charge in [-0.05, 0) is 11.1 Å². The van der Waals surface area contributed by atoms with Crippen molar-refractivity contribution in [2.75, 3.05) is 0 Å². The summed E-state index contributed by atoms with van der Waals surface area (Å²) in [7, 11) is 0. The number of rotatable bonds is 2. The van der Waals surface area contributed by atoms with Crippen LogP contribution in [0.1, 0.15) is 22.3 Å². The van der Waals surface area contributed by atoms with Gasteiger partial charge in [-0.25, -0.2) is 0 Å². The summed E-state index contributed by atoms with van der Waals surface area (Å²) in [6.45, 7) is 0.505. The molecule has 1 aromatic rings. The summed E-state index contributed by atoms with van der Waals surface area (Å²) in [5, 5.41) is 17.8. The van der Waals surface area contributed by atoms with Gasteiger partial charge in [-0.3, -0.25) is 0 Å². The fourth-order valence-corrected chi connectivity index (χ4v) is 1.28. The van der Waals surface area contributed by atoms with E-state index < -0.39 is 0 Å². The molecule has 0 aliphatic rings. The molecule has 0 amide bonds. The lowest BCUT2D eigenvalue weighted by atomic mass is 9.97. The van der Waals surface area contributed by atoms with Gasteiger partial charge in [-0.2, -0.15) is 10.5 Å². The Morgan fingerprint density at radius 2 is 1.29 bits per heavy atom. The number of benzene rings is 1. The zero-order valence-electron chi connectivity index (χ0n) is 7.62. The Labute approximate surface area is 82.4 Å². The first kappa shape index (κ1) is 10.2. The summed E-state index contributed by atoms with van der Waals surface area (Å²) >= 11 is 0. The van der Waals surface area contributed by atoms with E-state index in [9.17, 15) is 0 Å². The Balaban J connectivity index is 3.48. The average molecular weight is 186 g/mol. The number of nitriles is 2. The van der Waals surface area contributed by atoms with E-state index in [0.29, 0.717) is 22.3 Å². The zero-order valence-corrected chi connectivity index (χ0v) is 7.62. The summed E-state index contributed by atoms with van der Waals surface area (Å²) in [4.78, 5) is 0. The lowest BCUT2D eigenvalue weighted by molar-refractivity contribution is 1.02. The van der Waals surface area contributed by atoms with Crippen LogP contribution in [-0.4, -0.2) is 0 Å². The van der Waals surface area contributed by atoms with Crippen LogP contribution in [0.5, 0.6) is 0 Å². The van der Waals surface area contributed by atoms with Crippen molar-refractivity contribution in [3.8, 4) is 12.1 Å². The van der Waals surface area contributed by atoms with E-state index >= 15 is 0 Å². The van der Waals surface area contributed by atoms with Crippen molar-refractivity contribution < 1.29 is 0 Å². The third kappa shape index (κ3) is 1.57. The van der Waals surface area contributed by atoms with E-state index in [-0.39, 0.29) is 13.1 Å². The van der Waals surface area contributed by atoms with Gasteiger partial charge >= 0.3 is 0 Å². The topological polar surface area (TPSA) is 99.6 Å². The van der Waals surface area contributed by atoms with Gasteiger partial charge < -0.3 is 11.5 Å². The van der Waals surface area contributed by atoms with Crippen molar-refractivity contribution >= 4 is 0 Å². The summed E-state index contributed by atoms with van der Waals surface area (Å²) in [5.74, 6) is 0. The first-order valence-corrected chi connectivity index (χ1v) is 4.13. The minimum Gasteiger partial charge on any atom is -0.326 e. The molecule has 70 valence electrons. The highest BCUT2D eigenvalue weighted by molar-refractivity contribution is 5.54. The predicted octanol–water partition coefficient (Wildman–Crippen LogP) is 0.347. The van der Waals surface area contributed by atoms with Crippen LogP contribution in [0, 0.1) is 22.7 Å². The largest absolute Gasteiger partial charge is 0.326 e. The maximum absolute atomic E-state index is 8.88. The van der Waals surface area contributed by atoms with Gasteiger partial charge in [0.1, 0.15) is 12.1 Å². The molecule has 0 unspecified atom stereocenters. The number of nitrogens with zero attached hydrogens (tertiary/aromatic N) is 2. The molecule has 0 saturated carbocycles. The third-order valence-corrected chi connectivity index (χ3v) is 2.04. The van der Waals surface area contributed by atoms with E-state index in [2.05, 4.69) is 0 Å². The molecule has 4 heteroatoms. The minimum atomic E-state index is 0.252. The van der Waals surface area contributed by atoms with Crippen LogP contribution in [0.15, 0.2) is 12.1 Å². The van der Waals surface area contributed by atoms with Gasteiger partial charge in [0.25, 0.3) is 0 Å². The smallest absolute Gasteiger partial charge is 0.101 e. The Hall–Kier alpha value is -1.88. The standard InChI is InChI=1S/C10H10N4/c11-3-7-1-2-8(4-12)10(6-14)9(7)5-13/h1-2H,3-4,11-12H2. The first-order valence-electron chi connectivity index (χ1n) is 4.13. The van der Waals surface area contributed by atoms with Crippen LogP contribution < -0.4 is 11.5 Å². The molecule has 4 N–H and O–H groups in total. The van der Waals surface area contributed by atoms with Gasteiger partial charge in [0, 0.05) is 13.1 Å². The maximum atomic E-state index is 8.88. The zero-order chi connectivity index (χ0) is 10.6. The van der Waals surface area contributed by atoms with E-state index in [1.807, 2.05) is 12.1 Å². The van der Waals surface area contributed by atoms with E-state index in [1.54, 1.807) is 12.1 Å². The fraction of sp³-hybridized carbons (Fsp3) is 0.200. The second-order valence-corrected chi connectivity index (χ2v) is 2.77. The molecular weight excluding hydrogens is 176 g/mol. The molecule has 0 fully saturated rings. The number of hydrogen-bond acceptors (Lipinski definition) is 4. The minimum absolute atomic E-state index is 0.252. The molecule has 4 nitrogen and oxygen atoms in total. The van der Waals surface area contributed by atoms with Crippen LogP contribution in [0.2, 0.25) is 0 Å². The molecule has 1 rings (SSSR count). The highest BCUT2D eigenvalue weighted by Gasteiger charge is 2.10. The molecule has 0 radical (unpaired) electrons. The van der Waals surface area contributed by atoms with Gasteiger partial charge in [-0.1, -0.05) is 12.1 Å².